The van der Waals surface area contributed by atoms with Crippen molar-refractivity contribution in [1.29, 1.82) is 0 Å². The van der Waals surface area contributed by atoms with E-state index in [0.29, 0.717) is 0 Å². The Balaban J connectivity index is 0. The van der Waals surface area contributed by atoms with E-state index in [1.165, 1.54) is 0 Å². The highest BCUT2D eigenvalue weighted by Gasteiger charge is -0.0176. The molecule has 0 radical (unpaired) electrons. The minimum absolute atomic E-state index is 0. The Morgan fingerprint density at radius 2 is 0.0164 bits per heavy atom. The highest BCUT2D eigenvalue weighted by molar-refractivity contribution is 2.56. The van der Waals surface area contributed by atoms with Gasteiger partial charge in [-0.3, -0.25) is 0 Å². The van der Waals surface area contributed by atoms with Crippen molar-refractivity contribution >= 4 is 0 Å². The van der Waals surface area contributed by atoms with Gasteiger partial charge in [0.15, 0.2) is 0 Å². The van der Waals surface area contributed by atoms with Crippen LogP contribution >= 0.6 is 0 Å². The molecule has 0 heteroatoms. The Morgan fingerprint density at radius 1 is 0.0164 bits per heavy atom. The molecule has 0 saturated heterocycles. The molecule has 488 valence electrons. The van der Waals surface area contributed by atoms with E-state index in [2.05, 4.69) is 0 Å². The molecule has 0 N–H and O–H groups in total. The minimum Gasteiger partial charge on any atom is -0.0776 e. The first kappa shape index (κ1) is 0. The summed E-state index contributed by atoms with van der Waals surface area (Å²) < 4.78 is 0. The fourth-order valence-corrected chi connectivity index (χ4v) is 0. The van der Waals surface area contributed by atoms with Crippen LogP contribution in [-0.4, -0.2) is 0 Å². The topological polar surface area (TPSA) is 0 Å². The van der Waals surface area contributed by atoms with Crippen LogP contribution in [0.5, 0.6) is 0 Å². The number of hydrogen-bond acceptors (Lipinski definition) is 0. The molecule has 61 heavy (non-hydrogen) atoms. The lowest BCUT2D eigenvalue weighted by atomic mass is 12.0. The Labute approximate surface area is 451 Å². The molecular formula is C61H244. The van der Waals surface area contributed by atoms with Gasteiger partial charge in [0.05, 0.1) is 0 Å². The lowest BCUT2D eigenvalue weighted by Gasteiger charge is -0.0786. The molecule has 0 saturated carbocycles. The molecule has 0 aromatic rings. The third-order valence-corrected chi connectivity index (χ3v) is 0. The molecule has 0 nitrogen and oxygen atoms in total. The first-order valence-electron chi connectivity index (χ1n) is 0. The summed E-state index contributed by atoms with van der Waals surface area (Å²) in [6.07, 6.45) is 0. The maximum Gasteiger partial charge on any atom is -0.0776 e. The second-order valence-electron chi connectivity index (χ2n) is 0. The summed E-state index contributed by atoms with van der Waals surface area (Å²) in [4.78, 5) is 0. The van der Waals surface area contributed by atoms with E-state index < -0.39 is 0 Å². The van der Waals surface area contributed by atoms with Gasteiger partial charge in [-0.05, 0) is 0 Å². The van der Waals surface area contributed by atoms with Crippen LogP contribution in [0.3, 0.4) is 0 Å². The highest BCUT2D eigenvalue weighted by atomic mass is 12.1. The average Bonchev–Trinajstić information content (AvgIpc) is 0. The van der Waals surface area contributed by atoms with Crippen LogP contribution in [0.15, 0.2) is 0 Å². The quantitative estimate of drug-likeness (QED) is 0.227. The maximum atomic E-state index is 0. The smallest absolute Gasteiger partial charge is 0.0776 e. The van der Waals surface area contributed by atoms with Crippen molar-refractivity contribution in [3.8, 4) is 0 Å². The van der Waals surface area contributed by atoms with E-state index in [1.807, 2.05) is 0 Å². The summed E-state index contributed by atoms with van der Waals surface area (Å²) in [5, 5.41) is 0. The van der Waals surface area contributed by atoms with E-state index in [9.17, 15) is 0 Å². The molecule has 0 heterocycles. The molecule has 0 unspecified atom stereocenters. The van der Waals surface area contributed by atoms with Gasteiger partial charge < -0.3 is 0 Å². The number of hydrogen-bond donors (Lipinski definition) is 0. The predicted molar refractivity (Wildman–Crippen MR) is 411 cm³/mol. The summed E-state index contributed by atoms with van der Waals surface area (Å²) in [5.74, 6) is 0. The van der Waals surface area contributed by atoms with E-state index in [-0.39, 0.29) is 453 Å². The van der Waals surface area contributed by atoms with Gasteiger partial charge in [-0.2, -0.15) is 0 Å². The Morgan fingerprint density at radius 3 is 0.0164 bits per heavy atom. The molecule has 0 fully saturated rings. The Bertz CT molecular complexity index is 0. The highest BCUT2D eigenvalue weighted by Crippen LogP contribution is 0.204. The van der Waals surface area contributed by atoms with Crippen LogP contribution in [-0.2, 0) is 0 Å². The molecule has 0 aliphatic rings. The monoisotopic (exact) mass is 978 g/mol. The Kier molecular flexibility index (Phi) is 0. The predicted octanol–water partition coefficient (Wildman–Crippen LogP) is 38.8. The van der Waals surface area contributed by atoms with Crippen LogP contribution in [0, 0.1) is 0 Å². The molecule has 0 aliphatic heterocycles. The standard InChI is InChI=1S/61CH4/h61*1H4. The Hall–Kier alpha value is 0. The van der Waals surface area contributed by atoms with Crippen molar-refractivity contribution in [2.75, 3.05) is 0 Å². The fourth-order valence-electron chi connectivity index (χ4n) is 0. The molecule has 0 rings (SSSR count). The van der Waals surface area contributed by atoms with Crippen molar-refractivity contribution in [1.82, 2.24) is 0 Å². The van der Waals surface area contributed by atoms with Crippen LogP contribution in [0.1, 0.15) is 453 Å². The summed E-state index contributed by atoms with van der Waals surface area (Å²) >= 11 is 0. The molecule has 0 amide bonds. The molecule has 0 bridgehead atoms. The molecular weight excluding hydrogens is 733 g/mol. The summed E-state index contributed by atoms with van der Waals surface area (Å²) in [6, 6.07) is 0. The van der Waals surface area contributed by atoms with Gasteiger partial charge in [-0.25, -0.2) is 0 Å². The molecule has 0 aliphatic carbocycles. The van der Waals surface area contributed by atoms with Gasteiger partial charge >= 0.3 is 0 Å². The summed E-state index contributed by atoms with van der Waals surface area (Å²) in [6.45, 7) is 0. The third kappa shape index (κ3) is 0. The van der Waals surface area contributed by atoms with E-state index in [0.717, 1.165) is 0 Å². The summed E-state index contributed by atoms with van der Waals surface area (Å²) in [7, 11) is 0. The first-order valence-corrected chi connectivity index (χ1v) is 0. The van der Waals surface area contributed by atoms with Gasteiger partial charge in [0.2, 0.25) is 0 Å². The van der Waals surface area contributed by atoms with E-state index in [4.69, 9.17) is 0 Å². The van der Waals surface area contributed by atoms with Gasteiger partial charge in [-0.1, -0.05) is 453 Å². The summed E-state index contributed by atoms with van der Waals surface area (Å²) in [5.41, 5.74) is 0. The lowest BCUT2D eigenvalue weighted by molar-refractivity contribution is 2.50. The minimum atomic E-state index is 0. The lowest BCUT2D eigenvalue weighted by Crippen LogP contribution is 0.143. The fraction of sp³-hybridized carbons (Fsp3) is 1.00. The zero-order chi connectivity index (χ0) is 0. The molecule has 0 spiro atoms. The second-order valence-corrected chi connectivity index (χ2v) is 0. The van der Waals surface area contributed by atoms with Crippen molar-refractivity contribution in [2.45, 2.75) is 453 Å². The van der Waals surface area contributed by atoms with Crippen molar-refractivity contribution in [3.05, 3.63) is 0 Å². The van der Waals surface area contributed by atoms with E-state index in [1.54, 1.807) is 0 Å². The zero-order valence-electron chi connectivity index (χ0n) is 0. The van der Waals surface area contributed by atoms with Crippen LogP contribution in [0.25, 0.3) is 0 Å². The third-order valence-electron chi connectivity index (χ3n) is 0. The van der Waals surface area contributed by atoms with Crippen molar-refractivity contribution in [3.63, 3.8) is 0 Å². The van der Waals surface area contributed by atoms with Gasteiger partial charge in [0, 0.05) is 0 Å². The largest absolute Gasteiger partial charge is 0.0776 e. The van der Waals surface area contributed by atoms with Crippen molar-refractivity contribution in [2.24, 2.45) is 0 Å². The van der Waals surface area contributed by atoms with Crippen molar-refractivity contribution < 1.29 is 0 Å². The first-order chi connectivity index (χ1) is 0. The second kappa shape index (κ2) is 0. The average molecular weight is 979 g/mol. The number of rotatable bonds is 0. The van der Waals surface area contributed by atoms with Crippen LogP contribution in [0.4, 0.5) is 0 Å². The maximum absolute atomic E-state index is 0. The molecule has 0 aromatic heterocycles. The molecule has 0 atom stereocenters. The van der Waals surface area contributed by atoms with Crippen LogP contribution < -0.4 is 0 Å². The van der Waals surface area contributed by atoms with Gasteiger partial charge in [-0.15, -0.1) is 0 Å². The van der Waals surface area contributed by atoms with Crippen LogP contribution in [0.2, 0.25) is 0 Å². The van der Waals surface area contributed by atoms with E-state index >= 15 is 0 Å². The SMILES string of the molecule is C.C.C.C.C.C.C.C.C.C.C.C.C.C.C.C.C.C.C.C.C.C.C.C.C.C.C.C.C.C.C.C.C.C.C.C.C.C.C.C.C.C.C.C.C.C.C.C.C.C.C.C.C.C.C.C.C.C.C.C.C. The van der Waals surface area contributed by atoms with Gasteiger partial charge in [0.1, 0.15) is 0 Å². The van der Waals surface area contributed by atoms with Gasteiger partial charge in [0.25, 0.3) is 0 Å². The zero-order valence-corrected chi connectivity index (χ0v) is 0. The molecule has 0 aromatic carbocycles. The normalized spacial score (nSPS) is 0.